The van der Waals surface area contributed by atoms with Gasteiger partial charge in [-0.2, -0.15) is 0 Å². The van der Waals surface area contributed by atoms with Crippen LogP contribution in [-0.4, -0.2) is 37.6 Å². The summed E-state index contributed by atoms with van der Waals surface area (Å²) >= 11 is 7.38. The van der Waals surface area contributed by atoms with E-state index < -0.39 is 0 Å². The standard InChI is InChI=1S/C16H24Br2O2/c1-14-4-6-15(7-5-14)16(12-17,13-18)8-3-9-20-11-10-19-2/h4-7H,3,8-13H2,1-2H3. The molecule has 0 saturated heterocycles. The molecule has 114 valence electrons. The first kappa shape index (κ1) is 18.1. The Morgan fingerprint density at radius 2 is 1.65 bits per heavy atom. The van der Waals surface area contributed by atoms with Crippen LogP contribution in [0.5, 0.6) is 0 Å². The van der Waals surface area contributed by atoms with Crippen molar-refractivity contribution >= 4 is 31.9 Å². The summed E-state index contributed by atoms with van der Waals surface area (Å²) in [5, 5.41) is 1.90. The number of alkyl halides is 2. The van der Waals surface area contributed by atoms with E-state index in [1.807, 2.05) is 0 Å². The summed E-state index contributed by atoms with van der Waals surface area (Å²) in [6, 6.07) is 8.85. The van der Waals surface area contributed by atoms with Gasteiger partial charge in [0, 0.05) is 29.8 Å². The molecule has 0 aliphatic carbocycles. The molecular formula is C16H24Br2O2. The van der Waals surface area contributed by atoms with E-state index in [0.29, 0.717) is 13.2 Å². The molecule has 2 nitrogen and oxygen atoms in total. The van der Waals surface area contributed by atoms with E-state index in [2.05, 4.69) is 63.0 Å². The van der Waals surface area contributed by atoms with Crippen LogP contribution >= 0.6 is 31.9 Å². The van der Waals surface area contributed by atoms with Crippen molar-refractivity contribution in [3.8, 4) is 0 Å². The third kappa shape index (κ3) is 5.47. The molecule has 0 amide bonds. The highest BCUT2D eigenvalue weighted by Gasteiger charge is 2.29. The van der Waals surface area contributed by atoms with Crippen molar-refractivity contribution in [1.29, 1.82) is 0 Å². The van der Waals surface area contributed by atoms with Crippen molar-refractivity contribution in [3.63, 3.8) is 0 Å². The number of halogens is 2. The molecule has 0 spiro atoms. The zero-order chi connectivity index (χ0) is 14.8. The Balaban J connectivity index is 2.56. The average Bonchev–Trinajstić information content (AvgIpc) is 2.48. The van der Waals surface area contributed by atoms with Crippen LogP contribution in [0, 0.1) is 6.92 Å². The average molecular weight is 408 g/mol. The lowest BCUT2D eigenvalue weighted by Gasteiger charge is -2.31. The summed E-state index contributed by atoms with van der Waals surface area (Å²) in [4.78, 5) is 0. The van der Waals surface area contributed by atoms with Crippen LogP contribution < -0.4 is 0 Å². The second-order valence-electron chi connectivity index (χ2n) is 5.12. The Morgan fingerprint density at radius 3 is 2.20 bits per heavy atom. The highest BCUT2D eigenvalue weighted by atomic mass is 79.9. The van der Waals surface area contributed by atoms with Gasteiger partial charge in [0.15, 0.2) is 0 Å². The molecule has 1 aromatic carbocycles. The number of methoxy groups -OCH3 is 1. The highest BCUT2D eigenvalue weighted by Crippen LogP contribution is 2.33. The normalized spacial score (nSPS) is 11.8. The van der Waals surface area contributed by atoms with E-state index in [4.69, 9.17) is 9.47 Å². The van der Waals surface area contributed by atoms with Crippen LogP contribution in [0.3, 0.4) is 0 Å². The van der Waals surface area contributed by atoms with Crippen LogP contribution in [0.1, 0.15) is 24.0 Å². The van der Waals surface area contributed by atoms with Crippen molar-refractivity contribution in [2.24, 2.45) is 0 Å². The number of rotatable bonds is 10. The maximum atomic E-state index is 5.56. The largest absolute Gasteiger partial charge is 0.382 e. The summed E-state index contributed by atoms with van der Waals surface area (Å²) in [6.07, 6.45) is 2.15. The van der Waals surface area contributed by atoms with Crippen LogP contribution in [0.4, 0.5) is 0 Å². The van der Waals surface area contributed by atoms with Gasteiger partial charge in [-0.05, 0) is 25.3 Å². The van der Waals surface area contributed by atoms with E-state index in [0.717, 1.165) is 30.1 Å². The summed E-state index contributed by atoms with van der Waals surface area (Å²) in [6.45, 7) is 4.25. The third-order valence-corrected chi connectivity index (χ3v) is 5.70. The van der Waals surface area contributed by atoms with Gasteiger partial charge in [0.25, 0.3) is 0 Å². The lowest BCUT2D eigenvalue weighted by molar-refractivity contribution is 0.0671. The van der Waals surface area contributed by atoms with Gasteiger partial charge in [-0.15, -0.1) is 0 Å². The van der Waals surface area contributed by atoms with Gasteiger partial charge in [-0.1, -0.05) is 61.7 Å². The van der Waals surface area contributed by atoms with Crippen molar-refractivity contribution in [3.05, 3.63) is 35.4 Å². The Hall–Kier alpha value is 0.1000. The Bertz CT molecular complexity index is 361. The maximum Gasteiger partial charge on any atom is 0.0700 e. The van der Waals surface area contributed by atoms with Gasteiger partial charge in [0.2, 0.25) is 0 Å². The smallest absolute Gasteiger partial charge is 0.0700 e. The monoisotopic (exact) mass is 406 g/mol. The van der Waals surface area contributed by atoms with Crippen molar-refractivity contribution in [2.75, 3.05) is 37.6 Å². The first-order valence-electron chi connectivity index (χ1n) is 6.94. The van der Waals surface area contributed by atoms with Crippen LogP contribution in [0.15, 0.2) is 24.3 Å². The van der Waals surface area contributed by atoms with E-state index in [1.165, 1.54) is 11.1 Å². The Morgan fingerprint density at radius 1 is 1.00 bits per heavy atom. The molecule has 0 unspecified atom stereocenters. The minimum absolute atomic E-state index is 0.137. The van der Waals surface area contributed by atoms with Gasteiger partial charge >= 0.3 is 0 Å². The topological polar surface area (TPSA) is 18.5 Å². The summed E-state index contributed by atoms with van der Waals surface area (Å²) in [7, 11) is 1.70. The summed E-state index contributed by atoms with van der Waals surface area (Å²) < 4.78 is 10.5. The third-order valence-electron chi connectivity index (χ3n) is 3.55. The lowest BCUT2D eigenvalue weighted by atomic mass is 9.80. The fraction of sp³-hybridized carbons (Fsp3) is 0.625. The lowest BCUT2D eigenvalue weighted by Crippen LogP contribution is -2.30. The van der Waals surface area contributed by atoms with E-state index >= 15 is 0 Å². The molecule has 0 fully saturated rings. The number of hydrogen-bond acceptors (Lipinski definition) is 2. The second kappa shape index (κ2) is 9.93. The van der Waals surface area contributed by atoms with Gasteiger partial charge in [-0.3, -0.25) is 0 Å². The van der Waals surface area contributed by atoms with Gasteiger partial charge in [0.1, 0.15) is 0 Å². The molecule has 0 aromatic heterocycles. The fourth-order valence-electron chi connectivity index (χ4n) is 2.13. The fourth-order valence-corrected chi connectivity index (χ4v) is 4.27. The SMILES string of the molecule is COCCOCCCC(CBr)(CBr)c1ccc(C)cc1. The quantitative estimate of drug-likeness (QED) is 0.421. The number of aryl methyl sites for hydroxylation is 1. The van der Waals surface area contributed by atoms with Crippen LogP contribution in [0.2, 0.25) is 0 Å². The Kier molecular flexibility index (Phi) is 9.01. The Labute approximate surface area is 139 Å². The van der Waals surface area contributed by atoms with Crippen molar-refractivity contribution in [2.45, 2.75) is 25.2 Å². The zero-order valence-electron chi connectivity index (χ0n) is 12.3. The molecule has 20 heavy (non-hydrogen) atoms. The summed E-state index contributed by atoms with van der Waals surface area (Å²) in [5.41, 5.74) is 2.82. The minimum Gasteiger partial charge on any atom is -0.382 e. The van der Waals surface area contributed by atoms with Crippen molar-refractivity contribution in [1.82, 2.24) is 0 Å². The number of ether oxygens (including phenoxy) is 2. The predicted octanol–water partition coefficient (Wildman–Crippen LogP) is 4.47. The molecule has 0 atom stereocenters. The molecule has 1 aromatic rings. The molecule has 0 bridgehead atoms. The molecule has 1 rings (SSSR count). The molecular weight excluding hydrogens is 384 g/mol. The minimum atomic E-state index is 0.137. The molecule has 0 heterocycles. The molecule has 0 aliphatic heterocycles. The highest BCUT2D eigenvalue weighted by molar-refractivity contribution is 9.09. The van der Waals surface area contributed by atoms with Crippen LogP contribution in [0.25, 0.3) is 0 Å². The first-order valence-corrected chi connectivity index (χ1v) is 9.18. The predicted molar refractivity (Wildman–Crippen MR) is 92.4 cm³/mol. The summed E-state index contributed by atoms with van der Waals surface area (Å²) in [5.74, 6) is 0. The number of hydrogen-bond donors (Lipinski definition) is 0. The van der Waals surface area contributed by atoms with Crippen LogP contribution in [-0.2, 0) is 14.9 Å². The molecule has 0 N–H and O–H groups in total. The molecule has 0 saturated carbocycles. The van der Waals surface area contributed by atoms with Gasteiger partial charge in [0.05, 0.1) is 13.2 Å². The molecule has 0 aliphatic rings. The zero-order valence-corrected chi connectivity index (χ0v) is 15.5. The molecule has 0 radical (unpaired) electrons. The second-order valence-corrected chi connectivity index (χ2v) is 6.24. The maximum absolute atomic E-state index is 5.56. The van der Waals surface area contributed by atoms with Crippen molar-refractivity contribution < 1.29 is 9.47 Å². The first-order chi connectivity index (χ1) is 9.68. The van der Waals surface area contributed by atoms with E-state index in [1.54, 1.807) is 7.11 Å². The van der Waals surface area contributed by atoms with Gasteiger partial charge in [-0.25, -0.2) is 0 Å². The van der Waals surface area contributed by atoms with E-state index in [9.17, 15) is 0 Å². The van der Waals surface area contributed by atoms with Gasteiger partial charge < -0.3 is 9.47 Å². The molecule has 4 heteroatoms. The van der Waals surface area contributed by atoms with E-state index in [-0.39, 0.29) is 5.41 Å². The number of benzene rings is 1.